The van der Waals surface area contributed by atoms with E-state index in [1.807, 2.05) is 37.3 Å². The van der Waals surface area contributed by atoms with Gasteiger partial charge in [0.25, 0.3) is 0 Å². The Hall–Kier alpha value is -3.09. The number of urea groups is 1. The Labute approximate surface area is 139 Å². The molecule has 2 N–H and O–H groups in total. The number of hydrogen-bond donors (Lipinski definition) is 2. The van der Waals surface area contributed by atoms with Crippen LogP contribution >= 0.6 is 0 Å². The molecule has 0 saturated heterocycles. The monoisotopic (exact) mass is 326 g/mol. The van der Waals surface area contributed by atoms with Gasteiger partial charge in [0.15, 0.2) is 5.82 Å². The third kappa shape index (κ3) is 3.81. The summed E-state index contributed by atoms with van der Waals surface area (Å²) in [4.78, 5) is 16.3. The minimum Gasteiger partial charge on any atom is -0.441 e. The molecule has 1 aromatic carbocycles. The summed E-state index contributed by atoms with van der Waals surface area (Å²) in [7, 11) is 0. The largest absolute Gasteiger partial charge is 0.441 e. The Balaban J connectivity index is 1.53. The highest BCUT2D eigenvalue weighted by atomic mass is 16.5. The number of rotatable bonds is 5. The van der Waals surface area contributed by atoms with E-state index in [1.54, 1.807) is 13.0 Å². The summed E-state index contributed by atoms with van der Waals surface area (Å²) >= 11 is 0. The van der Waals surface area contributed by atoms with Crippen molar-refractivity contribution in [2.75, 3.05) is 11.9 Å². The second-order valence-corrected chi connectivity index (χ2v) is 5.34. The van der Waals surface area contributed by atoms with Crippen LogP contribution in [-0.4, -0.2) is 22.7 Å². The van der Waals surface area contributed by atoms with Crippen molar-refractivity contribution < 1.29 is 13.7 Å². The molecule has 0 fully saturated rings. The maximum absolute atomic E-state index is 11.8. The maximum atomic E-state index is 11.8. The first-order valence-corrected chi connectivity index (χ1v) is 7.62. The van der Waals surface area contributed by atoms with Crippen molar-refractivity contribution in [2.45, 2.75) is 20.3 Å². The zero-order valence-electron chi connectivity index (χ0n) is 13.5. The second kappa shape index (κ2) is 6.99. The second-order valence-electron chi connectivity index (χ2n) is 5.34. The fraction of sp³-hybridized carbons (Fsp3) is 0.235. The van der Waals surface area contributed by atoms with E-state index in [0.29, 0.717) is 30.4 Å². The summed E-state index contributed by atoms with van der Waals surface area (Å²) < 4.78 is 10.6. The first-order chi connectivity index (χ1) is 11.6. The zero-order valence-corrected chi connectivity index (χ0v) is 13.5. The minimum absolute atomic E-state index is 0.340. The standard InChI is InChI=1S/C17H18N4O3/c1-11-10-15(21-24-11)20-17(22)18-9-8-14-12(2)23-16(19-14)13-6-4-3-5-7-13/h3-7,10H,8-9H2,1-2H3,(H2,18,20,21,22). The van der Waals surface area contributed by atoms with E-state index < -0.39 is 0 Å². The van der Waals surface area contributed by atoms with E-state index in [4.69, 9.17) is 8.94 Å². The lowest BCUT2D eigenvalue weighted by Gasteiger charge is -2.03. The molecule has 2 heterocycles. The number of benzene rings is 1. The summed E-state index contributed by atoms with van der Waals surface area (Å²) in [5, 5.41) is 9.05. The van der Waals surface area contributed by atoms with E-state index in [0.717, 1.165) is 17.0 Å². The Morgan fingerprint density at radius 1 is 1.21 bits per heavy atom. The molecule has 0 unspecified atom stereocenters. The van der Waals surface area contributed by atoms with Gasteiger partial charge in [-0.05, 0) is 26.0 Å². The van der Waals surface area contributed by atoms with Crippen LogP contribution in [0.25, 0.3) is 11.5 Å². The third-order valence-corrected chi connectivity index (χ3v) is 3.43. The van der Waals surface area contributed by atoms with E-state index in [-0.39, 0.29) is 6.03 Å². The molecule has 0 atom stereocenters. The average molecular weight is 326 g/mol. The summed E-state index contributed by atoms with van der Waals surface area (Å²) in [6.07, 6.45) is 0.577. The van der Waals surface area contributed by atoms with Crippen LogP contribution < -0.4 is 10.6 Å². The fourth-order valence-corrected chi connectivity index (χ4v) is 2.24. The highest BCUT2D eigenvalue weighted by Gasteiger charge is 2.12. The molecule has 24 heavy (non-hydrogen) atoms. The Morgan fingerprint density at radius 3 is 2.71 bits per heavy atom. The normalized spacial score (nSPS) is 10.6. The van der Waals surface area contributed by atoms with Gasteiger partial charge < -0.3 is 14.3 Å². The number of aromatic nitrogens is 2. The summed E-state index contributed by atoms with van der Waals surface area (Å²) in [5.41, 5.74) is 1.75. The van der Waals surface area contributed by atoms with Gasteiger partial charge in [0.05, 0.1) is 5.69 Å². The van der Waals surface area contributed by atoms with Crippen molar-refractivity contribution in [2.24, 2.45) is 0 Å². The van der Waals surface area contributed by atoms with Crippen LogP contribution in [0.4, 0.5) is 10.6 Å². The molecule has 0 radical (unpaired) electrons. The van der Waals surface area contributed by atoms with Crippen LogP contribution in [0.15, 0.2) is 45.3 Å². The van der Waals surface area contributed by atoms with Crippen LogP contribution in [0.1, 0.15) is 17.2 Å². The molecule has 2 aromatic heterocycles. The van der Waals surface area contributed by atoms with Crippen LogP contribution in [-0.2, 0) is 6.42 Å². The Kier molecular flexibility index (Phi) is 4.60. The molecule has 3 rings (SSSR count). The molecule has 0 spiro atoms. The topological polar surface area (TPSA) is 93.2 Å². The van der Waals surface area contributed by atoms with Crippen molar-refractivity contribution in [1.82, 2.24) is 15.5 Å². The Bertz CT molecular complexity index is 823. The SMILES string of the molecule is Cc1cc(NC(=O)NCCc2nc(-c3ccccc3)oc2C)no1. The van der Waals surface area contributed by atoms with Crippen molar-refractivity contribution in [3.05, 3.63) is 53.6 Å². The van der Waals surface area contributed by atoms with E-state index in [9.17, 15) is 4.79 Å². The van der Waals surface area contributed by atoms with Gasteiger partial charge in [0, 0.05) is 24.6 Å². The molecule has 7 heteroatoms. The summed E-state index contributed by atoms with van der Waals surface area (Å²) in [5.74, 6) is 2.36. The van der Waals surface area contributed by atoms with E-state index in [1.165, 1.54) is 0 Å². The number of oxazole rings is 1. The van der Waals surface area contributed by atoms with Gasteiger partial charge in [-0.2, -0.15) is 0 Å². The van der Waals surface area contributed by atoms with Gasteiger partial charge in [-0.25, -0.2) is 9.78 Å². The lowest BCUT2D eigenvalue weighted by Crippen LogP contribution is -2.30. The van der Waals surface area contributed by atoms with Gasteiger partial charge in [-0.15, -0.1) is 0 Å². The summed E-state index contributed by atoms with van der Waals surface area (Å²) in [6, 6.07) is 11.0. The molecule has 0 aliphatic rings. The number of nitrogens with one attached hydrogen (secondary N) is 2. The minimum atomic E-state index is -0.340. The van der Waals surface area contributed by atoms with E-state index in [2.05, 4.69) is 20.8 Å². The van der Waals surface area contributed by atoms with Crippen molar-refractivity contribution in [3.8, 4) is 11.5 Å². The third-order valence-electron chi connectivity index (χ3n) is 3.43. The molecular formula is C17H18N4O3. The zero-order chi connectivity index (χ0) is 16.9. The van der Waals surface area contributed by atoms with Crippen LogP contribution in [0.5, 0.6) is 0 Å². The summed E-state index contributed by atoms with van der Waals surface area (Å²) in [6.45, 7) is 4.06. The van der Waals surface area contributed by atoms with E-state index >= 15 is 0 Å². The number of carbonyl (C=O) groups excluding carboxylic acids is 1. The van der Waals surface area contributed by atoms with Gasteiger partial charge in [0.1, 0.15) is 11.5 Å². The van der Waals surface area contributed by atoms with Crippen LogP contribution in [0.3, 0.4) is 0 Å². The Morgan fingerprint density at radius 2 is 2.00 bits per heavy atom. The number of anilines is 1. The first kappa shape index (κ1) is 15.8. The van der Waals surface area contributed by atoms with Crippen molar-refractivity contribution >= 4 is 11.8 Å². The number of nitrogens with zero attached hydrogens (tertiary/aromatic N) is 2. The lowest BCUT2D eigenvalue weighted by molar-refractivity contribution is 0.252. The predicted octanol–water partition coefficient (Wildman–Crippen LogP) is 3.31. The van der Waals surface area contributed by atoms with Crippen molar-refractivity contribution in [1.29, 1.82) is 0 Å². The average Bonchev–Trinajstić information content (AvgIpc) is 3.14. The molecule has 7 nitrogen and oxygen atoms in total. The number of hydrogen-bond acceptors (Lipinski definition) is 5. The maximum Gasteiger partial charge on any atom is 0.320 e. The highest BCUT2D eigenvalue weighted by molar-refractivity contribution is 5.88. The first-order valence-electron chi connectivity index (χ1n) is 7.62. The lowest BCUT2D eigenvalue weighted by atomic mass is 10.2. The molecule has 0 aliphatic heterocycles. The molecule has 0 bridgehead atoms. The smallest absolute Gasteiger partial charge is 0.320 e. The molecule has 124 valence electrons. The predicted molar refractivity (Wildman–Crippen MR) is 88.6 cm³/mol. The van der Waals surface area contributed by atoms with Crippen LogP contribution in [0, 0.1) is 13.8 Å². The number of amides is 2. The van der Waals surface area contributed by atoms with Gasteiger partial charge in [0.2, 0.25) is 5.89 Å². The molecular weight excluding hydrogens is 308 g/mol. The van der Waals surface area contributed by atoms with Gasteiger partial charge >= 0.3 is 6.03 Å². The fourth-order valence-electron chi connectivity index (χ4n) is 2.24. The molecule has 0 saturated carbocycles. The van der Waals surface area contributed by atoms with Gasteiger partial charge in [-0.3, -0.25) is 5.32 Å². The molecule has 2 amide bonds. The highest BCUT2D eigenvalue weighted by Crippen LogP contribution is 2.21. The van der Waals surface area contributed by atoms with Crippen LogP contribution in [0.2, 0.25) is 0 Å². The number of carbonyl (C=O) groups is 1. The van der Waals surface area contributed by atoms with Gasteiger partial charge in [-0.1, -0.05) is 23.4 Å². The number of aryl methyl sites for hydroxylation is 2. The molecule has 3 aromatic rings. The molecule has 0 aliphatic carbocycles. The quantitative estimate of drug-likeness (QED) is 0.750. The van der Waals surface area contributed by atoms with Crippen molar-refractivity contribution in [3.63, 3.8) is 0 Å².